The summed E-state index contributed by atoms with van der Waals surface area (Å²) in [6.07, 6.45) is 5.61. The first-order chi connectivity index (χ1) is 11.7. The van der Waals surface area contributed by atoms with Crippen molar-refractivity contribution in [3.63, 3.8) is 0 Å². The topological polar surface area (TPSA) is 74.2 Å². The van der Waals surface area contributed by atoms with Crippen molar-refractivity contribution in [2.24, 2.45) is 0 Å². The number of amides is 2. The average Bonchev–Trinajstić information content (AvgIpc) is 3.04. The van der Waals surface area contributed by atoms with Gasteiger partial charge in [0.05, 0.1) is 0 Å². The molecule has 24 heavy (non-hydrogen) atoms. The molecule has 0 aromatic carbocycles. The van der Waals surface area contributed by atoms with Gasteiger partial charge in [-0.3, -0.25) is 15.2 Å². The molecule has 2 aromatic rings. The van der Waals surface area contributed by atoms with Crippen LogP contribution in [-0.4, -0.2) is 57.2 Å². The van der Waals surface area contributed by atoms with Gasteiger partial charge in [0.15, 0.2) is 0 Å². The van der Waals surface area contributed by atoms with Gasteiger partial charge in [-0.15, -0.1) is 10.2 Å². The zero-order valence-corrected chi connectivity index (χ0v) is 14.6. The lowest BCUT2D eigenvalue weighted by atomic mass is 10.2. The Hall–Kier alpha value is -2.06. The zero-order valence-electron chi connectivity index (χ0n) is 13.8. The van der Waals surface area contributed by atoms with E-state index in [2.05, 4.69) is 38.4 Å². The summed E-state index contributed by atoms with van der Waals surface area (Å²) in [5.74, 6) is 0. The standard InChI is InChI=1S/C16H22N6OS/c1-2-4-14-19-20-15(24-14)18-16(23)22-9-7-21(8-10-22)12-13-5-3-6-17-11-13/h3,5-6,11H,2,4,7-10,12H2,1H3,(H,18,20,23). The van der Waals surface area contributed by atoms with E-state index in [4.69, 9.17) is 0 Å². The van der Waals surface area contributed by atoms with Gasteiger partial charge < -0.3 is 4.90 Å². The summed E-state index contributed by atoms with van der Waals surface area (Å²) in [5.41, 5.74) is 1.20. The van der Waals surface area contributed by atoms with Crippen molar-refractivity contribution in [3.8, 4) is 0 Å². The molecule has 3 heterocycles. The molecule has 0 spiro atoms. The van der Waals surface area contributed by atoms with Gasteiger partial charge in [-0.25, -0.2) is 4.79 Å². The second-order valence-electron chi connectivity index (χ2n) is 5.81. The van der Waals surface area contributed by atoms with E-state index in [1.54, 1.807) is 6.20 Å². The highest BCUT2D eigenvalue weighted by Crippen LogP contribution is 2.17. The van der Waals surface area contributed by atoms with Crippen LogP contribution >= 0.6 is 11.3 Å². The van der Waals surface area contributed by atoms with E-state index in [1.807, 2.05) is 17.2 Å². The van der Waals surface area contributed by atoms with Crippen LogP contribution in [-0.2, 0) is 13.0 Å². The summed E-state index contributed by atoms with van der Waals surface area (Å²) in [7, 11) is 0. The molecule has 0 aliphatic carbocycles. The second kappa shape index (κ2) is 8.16. The molecule has 0 radical (unpaired) electrons. The Bertz CT molecular complexity index is 654. The third kappa shape index (κ3) is 4.48. The van der Waals surface area contributed by atoms with Gasteiger partial charge in [0.25, 0.3) is 0 Å². The van der Waals surface area contributed by atoms with E-state index in [9.17, 15) is 4.79 Å². The minimum atomic E-state index is -0.0878. The highest BCUT2D eigenvalue weighted by molar-refractivity contribution is 7.15. The van der Waals surface area contributed by atoms with Crippen LogP contribution in [0.25, 0.3) is 0 Å². The van der Waals surface area contributed by atoms with E-state index in [0.29, 0.717) is 18.2 Å². The van der Waals surface area contributed by atoms with Crippen LogP contribution in [0, 0.1) is 0 Å². The summed E-state index contributed by atoms with van der Waals surface area (Å²) in [5, 5.41) is 12.5. The molecule has 0 bridgehead atoms. The number of anilines is 1. The lowest BCUT2D eigenvalue weighted by Gasteiger charge is -2.34. The molecule has 1 fully saturated rings. The summed E-state index contributed by atoms with van der Waals surface area (Å²) < 4.78 is 0. The molecule has 2 amide bonds. The van der Waals surface area contributed by atoms with Crippen LogP contribution in [0.5, 0.6) is 0 Å². The molecule has 0 saturated carbocycles. The molecule has 2 aromatic heterocycles. The van der Waals surface area contributed by atoms with Gasteiger partial charge in [-0.1, -0.05) is 24.3 Å². The fourth-order valence-electron chi connectivity index (χ4n) is 2.65. The van der Waals surface area contributed by atoms with Crippen molar-refractivity contribution in [2.75, 3.05) is 31.5 Å². The fraction of sp³-hybridized carbons (Fsp3) is 0.500. The van der Waals surface area contributed by atoms with E-state index >= 15 is 0 Å². The molecule has 128 valence electrons. The van der Waals surface area contributed by atoms with E-state index in [0.717, 1.165) is 37.5 Å². The van der Waals surface area contributed by atoms with Gasteiger partial charge in [-0.05, 0) is 18.1 Å². The zero-order chi connectivity index (χ0) is 16.8. The number of aryl methyl sites for hydroxylation is 1. The maximum Gasteiger partial charge on any atom is 0.323 e. The van der Waals surface area contributed by atoms with Crippen LogP contribution in [0.2, 0.25) is 0 Å². The average molecular weight is 346 g/mol. The number of hydrogen-bond acceptors (Lipinski definition) is 6. The van der Waals surface area contributed by atoms with Crippen molar-refractivity contribution in [1.29, 1.82) is 0 Å². The van der Waals surface area contributed by atoms with Crippen LogP contribution in [0.3, 0.4) is 0 Å². The number of nitrogens with zero attached hydrogens (tertiary/aromatic N) is 5. The Morgan fingerprint density at radius 2 is 2.12 bits per heavy atom. The number of rotatable bonds is 5. The minimum Gasteiger partial charge on any atom is -0.322 e. The number of piperazine rings is 1. The van der Waals surface area contributed by atoms with E-state index in [1.165, 1.54) is 16.9 Å². The first kappa shape index (κ1) is 16.8. The van der Waals surface area contributed by atoms with Crippen molar-refractivity contribution in [3.05, 3.63) is 35.1 Å². The number of urea groups is 1. The molecular weight excluding hydrogens is 324 g/mol. The number of carbonyl (C=O) groups excluding carboxylic acids is 1. The normalized spacial score (nSPS) is 15.5. The van der Waals surface area contributed by atoms with Gasteiger partial charge >= 0.3 is 6.03 Å². The van der Waals surface area contributed by atoms with Crippen molar-refractivity contribution < 1.29 is 4.79 Å². The third-order valence-corrected chi connectivity index (χ3v) is 4.83. The van der Waals surface area contributed by atoms with Crippen LogP contribution in [0.1, 0.15) is 23.9 Å². The van der Waals surface area contributed by atoms with Crippen molar-refractivity contribution in [1.82, 2.24) is 25.0 Å². The minimum absolute atomic E-state index is 0.0878. The molecule has 3 rings (SSSR count). The Morgan fingerprint density at radius 3 is 2.83 bits per heavy atom. The van der Waals surface area contributed by atoms with Gasteiger partial charge in [0, 0.05) is 51.5 Å². The van der Waals surface area contributed by atoms with Crippen LogP contribution < -0.4 is 5.32 Å². The summed E-state index contributed by atoms with van der Waals surface area (Å²) >= 11 is 1.45. The molecule has 1 N–H and O–H groups in total. The number of pyridine rings is 1. The van der Waals surface area contributed by atoms with E-state index < -0.39 is 0 Å². The largest absolute Gasteiger partial charge is 0.323 e. The maximum absolute atomic E-state index is 12.3. The SMILES string of the molecule is CCCc1nnc(NC(=O)N2CCN(Cc3cccnc3)CC2)s1. The highest BCUT2D eigenvalue weighted by Gasteiger charge is 2.22. The monoisotopic (exact) mass is 346 g/mol. The van der Waals surface area contributed by atoms with Crippen LogP contribution in [0.15, 0.2) is 24.5 Å². The number of carbonyl (C=O) groups is 1. The number of hydrogen-bond donors (Lipinski definition) is 1. The summed E-state index contributed by atoms with van der Waals surface area (Å²) in [4.78, 5) is 20.6. The Morgan fingerprint density at radius 1 is 1.29 bits per heavy atom. The molecule has 0 unspecified atom stereocenters. The van der Waals surface area contributed by atoms with Crippen molar-refractivity contribution >= 4 is 22.5 Å². The molecule has 1 aliphatic heterocycles. The first-order valence-electron chi connectivity index (χ1n) is 8.24. The summed E-state index contributed by atoms with van der Waals surface area (Å²) in [6.45, 7) is 6.13. The third-order valence-electron chi connectivity index (χ3n) is 3.93. The Kier molecular flexibility index (Phi) is 5.71. The lowest BCUT2D eigenvalue weighted by molar-refractivity contribution is 0.143. The lowest BCUT2D eigenvalue weighted by Crippen LogP contribution is -2.49. The smallest absolute Gasteiger partial charge is 0.322 e. The number of aromatic nitrogens is 3. The predicted molar refractivity (Wildman–Crippen MR) is 94.0 cm³/mol. The Labute approximate surface area is 145 Å². The molecular formula is C16H22N6OS. The first-order valence-corrected chi connectivity index (χ1v) is 9.06. The van der Waals surface area contributed by atoms with E-state index in [-0.39, 0.29) is 6.03 Å². The fourth-order valence-corrected chi connectivity index (χ4v) is 3.48. The molecule has 0 atom stereocenters. The molecule has 7 nitrogen and oxygen atoms in total. The Balaban J connectivity index is 1.46. The maximum atomic E-state index is 12.3. The van der Waals surface area contributed by atoms with Crippen LogP contribution in [0.4, 0.5) is 9.93 Å². The van der Waals surface area contributed by atoms with Gasteiger partial charge in [0.1, 0.15) is 5.01 Å². The molecule has 1 saturated heterocycles. The summed E-state index contributed by atoms with van der Waals surface area (Å²) in [6, 6.07) is 3.94. The quantitative estimate of drug-likeness (QED) is 0.899. The number of nitrogens with one attached hydrogen (secondary N) is 1. The van der Waals surface area contributed by atoms with Gasteiger partial charge in [0.2, 0.25) is 5.13 Å². The molecule has 8 heteroatoms. The predicted octanol–water partition coefficient (Wildman–Crippen LogP) is 2.24. The van der Waals surface area contributed by atoms with Crippen molar-refractivity contribution in [2.45, 2.75) is 26.3 Å². The highest BCUT2D eigenvalue weighted by atomic mass is 32.1. The molecule has 1 aliphatic rings. The van der Waals surface area contributed by atoms with Gasteiger partial charge in [-0.2, -0.15) is 0 Å². The second-order valence-corrected chi connectivity index (χ2v) is 6.87.